The van der Waals surface area contributed by atoms with Crippen LogP contribution in [0.3, 0.4) is 0 Å². The van der Waals surface area contributed by atoms with E-state index in [0.29, 0.717) is 32.6 Å². The first-order valence-electron chi connectivity index (χ1n) is 7.36. The molecule has 0 aliphatic carbocycles. The number of nitrogens with zero attached hydrogens (tertiary/aromatic N) is 2. The molecule has 0 atom stereocenters. The average molecular weight is 393 g/mol. The van der Waals surface area contributed by atoms with Gasteiger partial charge in [0.25, 0.3) is 5.88 Å². The average Bonchev–Trinajstić information content (AvgIpc) is 2.63. The van der Waals surface area contributed by atoms with Gasteiger partial charge in [-0.2, -0.15) is 4.98 Å². The number of para-hydroxylation sites is 1. The fourth-order valence-corrected chi connectivity index (χ4v) is 3.05. The molecule has 0 spiro atoms. The highest BCUT2D eigenvalue weighted by Crippen LogP contribution is 2.34. The summed E-state index contributed by atoms with van der Waals surface area (Å²) in [5.41, 5.74) is 1.13. The van der Waals surface area contributed by atoms with Gasteiger partial charge in [0, 0.05) is 10.8 Å². The van der Waals surface area contributed by atoms with Crippen LogP contribution in [0.1, 0.15) is 5.56 Å². The molecule has 0 unspecified atom stereocenters. The van der Waals surface area contributed by atoms with Crippen molar-refractivity contribution < 1.29 is 9.47 Å². The van der Waals surface area contributed by atoms with Crippen LogP contribution in [0, 0.1) is 0 Å². The van der Waals surface area contributed by atoms with E-state index < -0.39 is 0 Å². The number of thioether (sulfide) groups is 1. The Labute approximate surface area is 160 Å². The van der Waals surface area contributed by atoms with E-state index in [0.717, 1.165) is 11.3 Å². The summed E-state index contributed by atoms with van der Waals surface area (Å²) < 4.78 is 11.1. The molecule has 0 N–H and O–H groups in total. The number of rotatable bonds is 6. The predicted octanol–water partition coefficient (Wildman–Crippen LogP) is 5.88. The number of methoxy groups -OCH3 is 1. The van der Waals surface area contributed by atoms with Crippen molar-refractivity contribution in [3.8, 4) is 17.4 Å². The first-order chi connectivity index (χ1) is 12.2. The van der Waals surface area contributed by atoms with Gasteiger partial charge in [-0.05, 0) is 29.8 Å². The second-order valence-corrected chi connectivity index (χ2v) is 6.76. The maximum absolute atomic E-state index is 6.14. The Morgan fingerprint density at radius 2 is 1.76 bits per heavy atom. The molecule has 3 aromatic rings. The minimum absolute atomic E-state index is 0.323. The summed E-state index contributed by atoms with van der Waals surface area (Å²) in [5, 5.41) is 1.79. The van der Waals surface area contributed by atoms with Crippen molar-refractivity contribution >= 4 is 35.0 Å². The van der Waals surface area contributed by atoms with Gasteiger partial charge in [0.05, 0.1) is 18.3 Å². The van der Waals surface area contributed by atoms with E-state index in [9.17, 15) is 0 Å². The van der Waals surface area contributed by atoms with E-state index in [1.54, 1.807) is 25.4 Å². The Balaban J connectivity index is 1.77. The minimum atomic E-state index is 0.323. The topological polar surface area (TPSA) is 44.2 Å². The van der Waals surface area contributed by atoms with Crippen LogP contribution in [0.25, 0.3) is 0 Å². The quantitative estimate of drug-likeness (QED) is 0.387. The van der Waals surface area contributed by atoms with Crippen LogP contribution in [0.5, 0.6) is 17.4 Å². The van der Waals surface area contributed by atoms with E-state index in [1.807, 2.05) is 36.4 Å². The molecule has 4 nitrogen and oxygen atoms in total. The van der Waals surface area contributed by atoms with Crippen molar-refractivity contribution in [2.24, 2.45) is 0 Å². The molecule has 0 saturated carbocycles. The summed E-state index contributed by atoms with van der Waals surface area (Å²) in [7, 11) is 1.54. The number of aromatic nitrogens is 2. The largest absolute Gasteiger partial charge is 0.490 e. The molecule has 2 aromatic carbocycles. The summed E-state index contributed by atoms with van der Waals surface area (Å²) in [4.78, 5) is 8.73. The lowest BCUT2D eigenvalue weighted by molar-refractivity contribution is 0.363. The number of ether oxygens (including phenoxy) is 2. The van der Waals surface area contributed by atoms with Crippen molar-refractivity contribution in [1.29, 1.82) is 0 Å². The number of benzene rings is 2. The summed E-state index contributed by atoms with van der Waals surface area (Å²) in [6, 6.07) is 14.9. The third kappa shape index (κ3) is 4.78. The predicted molar refractivity (Wildman–Crippen MR) is 101 cm³/mol. The summed E-state index contributed by atoms with van der Waals surface area (Å²) >= 11 is 13.5. The van der Waals surface area contributed by atoms with Crippen molar-refractivity contribution in [2.45, 2.75) is 10.9 Å². The molecule has 0 saturated heterocycles. The first kappa shape index (κ1) is 17.9. The zero-order valence-electron chi connectivity index (χ0n) is 13.3. The number of hydrogen-bond acceptors (Lipinski definition) is 5. The SMILES string of the molecule is COc1cnc(SCc2ccc(Cl)cc2)nc1Oc1ccccc1Cl. The van der Waals surface area contributed by atoms with Crippen LogP contribution in [0.15, 0.2) is 59.9 Å². The van der Waals surface area contributed by atoms with Gasteiger partial charge < -0.3 is 9.47 Å². The minimum Gasteiger partial charge on any atom is -0.490 e. The second kappa shape index (κ2) is 8.43. The Kier molecular flexibility index (Phi) is 6.02. The third-order valence-corrected chi connectivity index (χ3v) is 4.74. The van der Waals surface area contributed by atoms with E-state index in [4.69, 9.17) is 32.7 Å². The van der Waals surface area contributed by atoms with Gasteiger partial charge in [-0.25, -0.2) is 4.98 Å². The zero-order valence-corrected chi connectivity index (χ0v) is 15.6. The molecule has 0 fully saturated rings. The molecule has 0 amide bonds. The molecule has 128 valence electrons. The molecule has 1 heterocycles. The summed E-state index contributed by atoms with van der Waals surface area (Å²) in [5.74, 6) is 1.99. The van der Waals surface area contributed by atoms with Gasteiger partial charge in [0.15, 0.2) is 10.9 Å². The second-order valence-electron chi connectivity index (χ2n) is 4.97. The van der Waals surface area contributed by atoms with Crippen molar-refractivity contribution in [3.05, 3.63) is 70.3 Å². The first-order valence-corrected chi connectivity index (χ1v) is 9.10. The normalized spacial score (nSPS) is 10.5. The van der Waals surface area contributed by atoms with Crippen LogP contribution in [0.2, 0.25) is 10.0 Å². The Morgan fingerprint density at radius 1 is 1.00 bits per heavy atom. The summed E-state index contributed by atoms with van der Waals surface area (Å²) in [6.45, 7) is 0. The Bertz CT molecular complexity index is 860. The smallest absolute Gasteiger partial charge is 0.266 e. The van der Waals surface area contributed by atoms with Gasteiger partial charge in [0.1, 0.15) is 5.75 Å². The van der Waals surface area contributed by atoms with Gasteiger partial charge >= 0.3 is 0 Å². The highest BCUT2D eigenvalue weighted by atomic mass is 35.5. The molecule has 7 heteroatoms. The zero-order chi connectivity index (χ0) is 17.6. The van der Waals surface area contributed by atoms with Crippen molar-refractivity contribution in [1.82, 2.24) is 9.97 Å². The molecule has 0 aliphatic rings. The number of halogens is 2. The molecular weight excluding hydrogens is 379 g/mol. The Hall–Kier alpha value is -1.95. The van der Waals surface area contributed by atoms with Gasteiger partial charge in [0.2, 0.25) is 0 Å². The summed E-state index contributed by atoms with van der Waals surface area (Å²) in [6.07, 6.45) is 1.59. The fourth-order valence-electron chi connectivity index (χ4n) is 1.98. The van der Waals surface area contributed by atoms with E-state index in [2.05, 4.69) is 9.97 Å². The third-order valence-electron chi connectivity index (χ3n) is 3.24. The van der Waals surface area contributed by atoms with Crippen LogP contribution in [0.4, 0.5) is 0 Å². The lowest BCUT2D eigenvalue weighted by atomic mass is 10.2. The molecule has 3 rings (SSSR count). The van der Waals surface area contributed by atoms with Crippen LogP contribution >= 0.6 is 35.0 Å². The van der Waals surface area contributed by atoms with Crippen molar-refractivity contribution in [3.63, 3.8) is 0 Å². The lowest BCUT2D eigenvalue weighted by Crippen LogP contribution is -1.97. The molecular formula is C18H14Cl2N2O2S. The Morgan fingerprint density at radius 3 is 2.48 bits per heavy atom. The van der Waals surface area contributed by atoms with Crippen LogP contribution < -0.4 is 9.47 Å². The maximum Gasteiger partial charge on any atom is 0.266 e. The van der Waals surface area contributed by atoms with Gasteiger partial charge in [-0.3, -0.25) is 0 Å². The van der Waals surface area contributed by atoms with E-state index >= 15 is 0 Å². The number of hydrogen-bond donors (Lipinski definition) is 0. The van der Waals surface area contributed by atoms with E-state index in [-0.39, 0.29) is 0 Å². The van der Waals surface area contributed by atoms with Crippen molar-refractivity contribution in [2.75, 3.05) is 7.11 Å². The molecule has 1 aromatic heterocycles. The fraction of sp³-hybridized carbons (Fsp3) is 0.111. The standard InChI is InChI=1S/C18H14Cl2N2O2S/c1-23-16-10-21-18(25-11-12-6-8-13(19)9-7-12)22-17(16)24-15-5-3-2-4-14(15)20/h2-10H,11H2,1H3. The van der Waals surface area contributed by atoms with Gasteiger partial charge in [-0.15, -0.1) is 0 Å². The monoisotopic (exact) mass is 392 g/mol. The van der Waals surface area contributed by atoms with Gasteiger partial charge in [-0.1, -0.05) is 59.2 Å². The highest BCUT2D eigenvalue weighted by Gasteiger charge is 2.12. The van der Waals surface area contributed by atoms with E-state index in [1.165, 1.54) is 11.8 Å². The highest BCUT2D eigenvalue weighted by molar-refractivity contribution is 7.98. The van der Waals surface area contributed by atoms with Crippen LogP contribution in [-0.4, -0.2) is 17.1 Å². The molecule has 0 aliphatic heterocycles. The molecule has 0 bridgehead atoms. The van der Waals surface area contributed by atoms with Crippen LogP contribution in [-0.2, 0) is 5.75 Å². The lowest BCUT2D eigenvalue weighted by Gasteiger charge is -2.11. The molecule has 25 heavy (non-hydrogen) atoms. The maximum atomic E-state index is 6.14. The molecule has 0 radical (unpaired) electrons.